The molecule has 4 rings (SSSR count). The van der Waals surface area contributed by atoms with Crippen LogP contribution in [0.2, 0.25) is 0 Å². The molecule has 1 atom stereocenters. The monoisotopic (exact) mass is 420 g/mol. The lowest BCUT2D eigenvalue weighted by Crippen LogP contribution is -2.40. The first-order valence-corrected chi connectivity index (χ1v) is 11.2. The van der Waals surface area contributed by atoms with Crippen molar-refractivity contribution in [2.45, 2.75) is 58.8 Å². The minimum absolute atomic E-state index is 0.00983. The summed E-state index contributed by atoms with van der Waals surface area (Å²) in [6, 6.07) is 12.6. The molecular weight excluding hydrogens is 388 g/mol. The number of piperidine rings is 1. The third-order valence-corrected chi connectivity index (χ3v) is 6.29. The van der Waals surface area contributed by atoms with E-state index in [0.29, 0.717) is 28.7 Å². The zero-order valence-electron chi connectivity index (χ0n) is 19.0. The van der Waals surface area contributed by atoms with E-state index in [1.54, 1.807) is 18.4 Å². The molecule has 1 aromatic carbocycles. The van der Waals surface area contributed by atoms with Crippen molar-refractivity contribution >= 4 is 5.91 Å². The summed E-state index contributed by atoms with van der Waals surface area (Å²) in [6.45, 7) is 10.1. The van der Waals surface area contributed by atoms with Crippen molar-refractivity contribution in [3.8, 4) is 11.5 Å². The highest BCUT2D eigenvalue weighted by molar-refractivity contribution is 6.00. The highest BCUT2D eigenvalue weighted by atomic mass is 16.5. The first-order chi connectivity index (χ1) is 14.8. The van der Waals surface area contributed by atoms with Crippen molar-refractivity contribution in [2.24, 2.45) is 5.92 Å². The molecule has 1 amide bonds. The van der Waals surface area contributed by atoms with E-state index in [9.17, 15) is 4.79 Å². The largest absolute Gasteiger partial charge is 0.461 e. The molecular formula is C26H32N2O3. The Morgan fingerprint density at radius 3 is 2.65 bits per heavy atom. The van der Waals surface area contributed by atoms with E-state index in [1.807, 2.05) is 11.8 Å². The molecule has 2 aromatic heterocycles. The Labute approximate surface area is 184 Å². The number of hydrogen-bond donors (Lipinski definition) is 0. The van der Waals surface area contributed by atoms with Gasteiger partial charge in [-0.25, -0.2) is 0 Å². The Morgan fingerprint density at radius 1 is 1.19 bits per heavy atom. The Bertz CT molecular complexity index is 1010. The zero-order chi connectivity index (χ0) is 22.0. The van der Waals surface area contributed by atoms with Crippen LogP contribution in [0.5, 0.6) is 0 Å². The summed E-state index contributed by atoms with van der Waals surface area (Å²) in [4.78, 5) is 15.3. The van der Waals surface area contributed by atoms with E-state index in [2.05, 4.69) is 50.2 Å². The minimum atomic E-state index is -0.00983. The number of furan rings is 1. The summed E-state index contributed by atoms with van der Waals surface area (Å²) >= 11 is 0. The van der Waals surface area contributed by atoms with Crippen LogP contribution in [-0.4, -0.2) is 29.1 Å². The molecule has 0 saturated carbocycles. The SMILES string of the molecule is Cc1noc(-c2ccco2)c1C(=O)N1CCC[C@H](CCc2ccc(C(C)(C)C)cc2)C1. The Morgan fingerprint density at radius 2 is 1.97 bits per heavy atom. The maximum atomic E-state index is 13.3. The van der Waals surface area contributed by atoms with E-state index in [1.165, 1.54) is 11.1 Å². The van der Waals surface area contributed by atoms with E-state index < -0.39 is 0 Å². The van der Waals surface area contributed by atoms with Crippen LogP contribution in [0.4, 0.5) is 0 Å². The van der Waals surface area contributed by atoms with Gasteiger partial charge in [0.1, 0.15) is 5.56 Å². The van der Waals surface area contributed by atoms with Crippen LogP contribution in [0, 0.1) is 12.8 Å². The van der Waals surface area contributed by atoms with Gasteiger partial charge in [0, 0.05) is 13.1 Å². The zero-order valence-corrected chi connectivity index (χ0v) is 19.0. The van der Waals surface area contributed by atoms with Gasteiger partial charge in [-0.3, -0.25) is 4.79 Å². The van der Waals surface area contributed by atoms with Gasteiger partial charge in [-0.05, 0) is 67.2 Å². The number of amides is 1. The number of carbonyl (C=O) groups is 1. The maximum absolute atomic E-state index is 13.3. The summed E-state index contributed by atoms with van der Waals surface area (Å²) in [5.41, 5.74) is 4.04. The lowest BCUT2D eigenvalue weighted by Gasteiger charge is -2.33. The fraction of sp³-hybridized carbons (Fsp3) is 0.462. The molecule has 3 heterocycles. The van der Waals surface area contributed by atoms with Crippen LogP contribution < -0.4 is 0 Å². The van der Waals surface area contributed by atoms with E-state index in [-0.39, 0.29) is 11.3 Å². The third kappa shape index (κ3) is 4.76. The number of likely N-dealkylation sites (tertiary alicyclic amines) is 1. The number of rotatable bonds is 5. The highest BCUT2D eigenvalue weighted by Crippen LogP contribution is 2.30. The molecule has 0 bridgehead atoms. The maximum Gasteiger partial charge on any atom is 0.259 e. The van der Waals surface area contributed by atoms with Crippen molar-refractivity contribution in [3.63, 3.8) is 0 Å². The van der Waals surface area contributed by atoms with Gasteiger partial charge in [0.05, 0.1) is 12.0 Å². The topological polar surface area (TPSA) is 59.5 Å². The highest BCUT2D eigenvalue weighted by Gasteiger charge is 2.30. The molecule has 1 aliphatic heterocycles. The van der Waals surface area contributed by atoms with Gasteiger partial charge in [-0.15, -0.1) is 0 Å². The lowest BCUT2D eigenvalue weighted by atomic mass is 9.86. The molecule has 1 fully saturated rings. The van der Waals surface area contributed by atoms with Crippen LogP contribution in [0.3, 0.4) is 0 Å². The lowest BCUT2D eigenvalue weighted by molar-refractivity contribution is 0.0667. The molecule has 1 aliphatic rings. The van der Waals surface area contributed by atoms with Gasteiger partial charge < -0.3 is 13.8 Å². The number of carbonyl (C=O) groups excluding carboxylic acids is 1. The normalized spacial score (nSPS) is 17.2. The predicted molar refractivity (Wildman–Crippen MR) is 121 cm³/mol. The van der Waals surface area contributed by atoms with Crippen LogP contribution in [0.1, 0.15) is 67.2 Å². The molecule has 31 heavy (non-hydrogen) atoms. The van der Waals surface area contributed by atoms with E-state index in [0.717, 1.165) is 38.8 Å². The summed E-state index contributed by atoms with van der Waals surface area (Å²) < 4.78 is 10.9. The summed E-state index contributed by atoms with van der Waals surface area (Å²) in [5, 5.41) is 4.03. The molecule has 164 valence electrons. The smallest absolute Gasteiger partial charge is 0.259 e. The van der Waals surface area contributed by atoms with E-state index in [4.69, 9.17) is 8.94 Å². The second-order valence-electron chi connectivity index (χ2n) is 9.69. The van der Waals surface area contributed by atoms with Gasteiger partial charge in [0.15, 0.2) is 5.76 Å². The van der Waals surface area contributed by atoms with Crippen LogP contribution in [0.25, 0.3) is 11.5 Å². The van der Waals surface area contributed by atoms with Gasteiger partial charge in [0.2, 0.25) is 5.76 Å². The van der Waals surface area contributed by atoms with Crippen LogP contribution >= 0.6 is 0 Å². The molecule has 0 aliphatic carbocycles. The van der Waals surface area contributed by atoms with Crippen molar-refractivity contribution < 1.29 is 13.7 Å². The number of benzene rings is 1. The summed E-state index contributed by atoms with van der Waals surface area (Å²) in [6.07, 6.45) is 5.90. The standard InChI is InChI=1S/C26H32N2O3/c1-18-23(24(31-27-18)22-8-6-16-30-22)25(29)28-15-5-7-20(17-28)10-9-19-11-13-21(14-12-19)26(2,3)4/h6,8,11-14,16,20H,5,7,9-10,15,17H2,1-4H3/t20-/m1/s1. The Kier molecular flexibility index (Phi) is 6.03. The third-order valence-electron chi connectivity index (χ3n) is 6.29. The van der Waals surface area contributed by atoms with Crippen LogP contribution in [0.15, 0.2) is 51.6 Å². The van der Waals surface area contributed by atoms with Crippen molar-refractivity contribution in [1.82, 2.24) is 10.1 Å². The molecule has 0 unspecified atom stereocenters. The first kappa shape index (κ1) is 21.4. The van der Waals surface area contributed by atoms with Gasteiger partial charge >= 0.3 is 0 Å². The average molecular weight is 421 g/mol. The van der Waals surface area contributed by atoms with Crippen molar-refractivity contribution in [2.75, 3.05) is 13.1 Å². The average Bonchev–Trinajstić information content (AvgIpc) is 3.41. The number of hydrogen-bond acceptors (Lipinski definition) is 4. The molecule has 0 spiro atoms. The van der Waals surface area contributed by atoms with Crippen molar-refractivity contribution in [3.05, 3.63) is 65.0 Å². The predicted octanol–water partition coefficient (Wildman–Crippen LogP) is 6.03. The van der Waals surface area contributed by atoms with Gasteiger partial charge in [-0.1, -0.05) is 50.2 Å². The molecule has 3 aromatic rings. The Hall–Kier alpha value is -2.82. The van der Waals surface area contributed by atoms with Gasteiger partial charge in [-0.2, -0.15) is 0 Å². The van der Waals surface area contributed by atoms with E-state index >= 15 is 0 Å². The molecule has 0 N–H and O–H groups in total. The summed E-state index contributed by atoms with van der Waals surface area (Å²) in [5.74, 6) is 1.46. The summed E-state index contributed by atoms with van der Waals surface area (Å²) in [7, 11) is 0. The number of nitrogens with zero attached hydrogens (tertiary/aromatic N) is 2. The molecule has 5 nitrogen and oxygen atoms in total. The second kappa shape index (κ2) is 8.74. The second-order valence-corrected chi connectivity index (χ2v) is 9.69. The first-order valence-electron chi connectivity index (χ1n) is 11.2. The minimum Gasteiger partial charge on any atom is -0.461 e. The molecule has 5 heteroatoms. The van der Waals surface area contributed by atoms with Gasteiger partial charge in [0.25, 0.3) is 5.91 Å². The molecule has 1 saturated heterocycles. The fourth-order valence-corrected chi connectivity index (χ4v) is 4.38. The van der Waals surface area contributed by atoms with Crippen LogP contribution in [-0.2, 0) is 11.8 Å². The number of aryl methyl sites for hydroxylation is 2. The quantitative estimate of drug-likeness (QED) is 0.506. The molecule has 0 radical (unpaired) electrons. The van der Waals surface area contributed by atoms with Crippen molar-refractivity contribution in [1.29, 1.82) is 0 Å². The Balaban J connectivity index is 1.40. The number of aromatic nitrogens is 1. The fourth-order valence-electron chi connectivity index (χ4n) is 4.38.